The minimum Gasteiger partial charge on any atom is -0.462 e. The van der Waals surface area contributed by atoms with Gasteiger partial charge in [0.05, 0.1) is 13.2 Å². The third kappa shape index (κ3) is 44.3. The Hall–Kier alpha value is -3.07. The molecule has 10 heteroatoms. The number of hydrogen-bond donors (Lipinski definition) is 1. The summed E-state index contributed by atoms with van der Waals surface area (Å²) in [5, 5.41) is 0. The highest BCUT2D eigenvalue weighted by Crippen LogP contribution is 2.43. The fraction of sp³-hybridized carbons (Fsp3) is 0.633. The lowest BCUT2D eigenvalue weighted by molar-refractivity contribution is -0.161. The molecule has 0 bridgehead atoms. The van der Waals surface area contributed by atoms with Crippen molar-refractivity contribution < 1.29 is 37.6 Å². The predicted molar refractivity (Wildman–Crippen MR) is 247 cm³/mol. The number of likely N-dealkylation sites (N-methyl/N-ethyl adjacent to an activating group) is 1. The van der Waals surface area contributed by atoms with Crippen LogP contribution in [0.5, 0.6) is 0 Å². The zero-order chi connectivity index (χ0) is 43.3. The molecule has 59 heavy (non-hydrogen) atoms. The van der Waals surface area contributed by atoms with E-state index in [-0.39, 0.29) is 26.1 Å². The molecule has 9 nitrogen and oxygen atoms in total. The van der Waals surface area contributed by atoms with Crippen LogP contribution in [0.3, 0.4) is 0 Å². The lowest BCUT2D eigenvalue weighted by atomic mass is 10.1. The van der Waals surface area contributed by atoms with Crippen LogP contribution in [0, 0.1) is 0 Å². The van der Waals surface area contributed by atoms with Crippen molar-refractivity contribution in [1.29, 1.82) is 0 Å². The fourth-order valence-electron chi connectivity index (χ4n) is 5.42. The molecule has 0 aliphatic carbocycles. The van der Waals surface area contributed by atoms with Crippen LogP contribution in [0.25, 0.3) is 0 Å². The van der Waals surface area contributed by atoms with Gasteiger partial charge in [-0.15, -0.1) is 0 Å². The molecule has 0 saturated carbocycles. The Bertz CT molecular complexity index is 1300. The molecule has 1 N–H and O–H groups in total. The van der Waals surface area contributed by atoms with Gasteiger partial charge in [0.25, 0.3) is 0 Å². The summed E-state index contributed by atoms with van der Waals surface area (Å²) in [5.74, 6) is -0.877. The number of phosphoric ester groups is 1. The zero-order valence-electron chi connectivity index (χ0n) is 37.4. The number of ether oxygens (including phenoxy) is 2. The Balaban J connectivity index is 4.40. The highest BCUT2D eigenvalue weighted by molar-refractivity contribution is 7.47. The van der Waals surface area contributed by atoms with E-state index < -0.39 is 32.5 Å². The second-order valence-electron chi connectivity index (χ2n) is 14.8. The van der Waals surface area contributed by atoms with Crippen molar-refractivity contribution in [3.05, 3.63) is 97.2 Å². The first-order valence-corrected chi connectivity index (χ1v) is 24.0. The third-order valence-corrected chi connectivity index (χ3v) is 9.86. The molecule has 0 rings (SSSR count). The van der Waals surface area contributed by atoms with Crippen LogP contribution in [0.15, 0.2) is 97.2 Å². The monoisotopic (exact) mass is 844 g/mol. The second kappa shape index (κ2) is 43.0. The molecule has 0 aliphatic heterocycles. The highest BCUT2D eigenvalue weighted by atomic mass is 31.2. The lowest BCUT2D eigenvalue weighted by Gasteiger charge is -2.20. The second-order valence-corrected chi connectivity index (χ2v) is 16.3. The van der Waals surface area contributed by atoms with Crippen LogP contribution < -0.4 is 0 Å². The lowest BCUT2D eigenvalue weighted by Crippen LogP contribution is -2.29. The van der Waals surface area contributed by atoms with Gasteiger partial charge in [0.1, 0.15) is 6.61 Å². The van der Waals surface area contributed by atoms with Crippen molar-refractivity contribution in [2.24, 2.45) is 0 Å². The average molecular weight is 844 g/mol. The summed E-state index contributed by atoms with van der Waals surface area (Å²) >= 11 is 0. The van der Waals surface area contributed by atoms with Crippen LogP contribution in [0.1, 0.15) is 155 Å². The summed E-state index contributed by atoms with van der Waals surface area (Å²) in [4.78, 5) is 37.1. The van der Waals surface area contributed by atoms with Crippen LogP contribution in [-0.4, -0.2) is 68.3 Å². The van der Waals surface area contributed by atoms with Gasteiger partial charge in [-0.3, -0.25) is 18.6 Å². The van der Waals surface area contributed by atoms with E-state index in [0.29, 0.717) is 19.4 Å². The number of hydrogen-bond acceptors (Lipinski definition) is 8. The Morgan fingerprint density at radius 2 is 0.966 bits per heavy atom. The molecule has 0 aromatic rings. The minimum absolute atomic E-state index is 0.00901. The van der Waals surface area contributed by atoms with Crippen molar-refractivity contribution in [3.8, 4) is 0 Å². The van der Waals surface area contributed by atoms with Crippen molar-refractivity contribution in [3.63, 3.8) is 0 Å². The highest BCUT2D eigenvalue weighted by Gasteiger charge is 2.26. The van der Waals surface area contributed by atoms with Crippen LogP contribution in [0.2, 0.25) is 0 Å². The minimum atomic E-state index is -4.39. The maximum Gasteiger partial charge on any atom is 0.472 e. The van der Waals surface area contributed by atoms with E-state index in [4.69, 9.17) is 18.5 Å². The van der Waals surface area contributed by atoms with E-state index >= 15 is 0 Å². The first kappa shape index (κ1) is 55.9. The number of phosphoric acid groups is 1. The van der Waals surface area contributed by atoms with Gasteiger partial charge in [0.15, 0.2) is 6.10 Å². The van der Waals surface area contributed by atoms with Crippen molar-refractivity contribution in [2.75, 3.05) is 40.5 Å². The summed E-state index contributed by atoms with van der Waals surface area (Å²) in [5.41, 5.74) is 0. The quantitative estimate of drug-likeness (QED) is 0.0279. The fourth-order valence-corrected chi connectivity index (χ4v) is 6.17. The molecular formula is C49H82NO8P. The average Bonchev–Trinajstić information content (AvgIpc) is 3.20. The van der Waals surface area contributed by atoms with Crippen molar-refractivity contribution in [1.82, 2.24) is 4.90 Å². The molecule has 0 saturated heterocycles. The van der Waals surface area contributed by atoms with E-state index in [2.05, 4.69) is 111 Å². The van der Waals surface area contributed by atoms with Crippen molar-refractivity contribution in [2.45, 2.75) is 161 Å². The normalized spacial score (nSPS) is 14.3. The van der Waals surface area contributed by atoms with Gasteiger partial charge in [-0.2, -0.15) is 0 Å². The maximum absolute atomic E-state index is 12.7. The third-order valence-electron chi connectivity index (χ3n) is 8.87. The van der Waals surface area contributed by atoms with Gasteiger partial charge in [-0.05, 0) is 110 Å². The number of unbranched alkanes of at least 4 members (excludes halogenated alkanes) is 10. The molecule has 0 aromatic heterocycles. The topological polar surface area (TPSA) is 112 Å². The first-order chi connectivity index (χ1) is 28.7. The molecular weight excluding hydrogens is 762 g/mol. The summed E-state index contributed by atoms with van der Waals surface area (Å²) < 4.78 is 33.4. The molecule has 0 fully saturated rings. The van der Waals surface area contributed by atoms with Gasteiger partial charge in [0, 0.05) is 19.4 Å². The van der Waals surface area contributed by atoms with Gasteiger partial charge in [0.2, 0.25) is 0 Å². The van der Waals surface area contributed by atoms with E-state index in [0.717, 1.165) is 89.9 Å². The summed E-state index contributed by atoms with van der Waals surface area (Å²) in [6.45, 7) is 4.09. The largest absolute Gasteiger partial charge is 0.472 e. The summed E-state index contributed by atoms with van der Waals surface area (Å²) in [6, 6.07) is 0. The van der Waals surface area contributed by atoms with E-state index in [9.17, 15) is 19.0 Å². The van der Waals surface area contributed by atoms with E-state index in [1.807, 2.05) is 14.1 Å². The number of carbonyl (C=O) groups excluding carboxylic acids is 2. The zero-order valence-corrected chi connectivity index (χ0v) is 38.3. The first-order valence-electron chi connectivity index (χ1n) is 22.5. The molecule has 0 spiro atoms. The number of rotatable bonds is 40. The van der Waals surface area contributed by atoms with Gasteiger partial charge in [-0.25, -0.2) is 4.57 Å². The maximum atomic E-state index is 12.7. The molecule has 0 amide bonds. The number of nitrogens with zero attached hydrogens (tertiary/aromatic N) is 1. The smallest absolute Gasteiger partial charge is 0.462 e. The Kier molecular flexibility index (Phi) is 40.8. The molecule has 0 radical (unpaired) electrons. The summed E-state index contributed by atoms with van der Waals surface area (Å²) in [7, 11) is -0.755. The number of esters is 2. The van der Waals surface area contributed by atoms with Crippen LogP contribution in [0.4, 0.5) is 0 Å². The van der Waals surface area contributed by atoms with Crippen LogP contribution in [-0.2, 0) is 32.7 Å². The number of carbonyl (C=O) groups is 2. The summed E-state index contributed by atoms with van der Waals surface area (Å²) in [6.07, 6.45) is 54.5. The van der Waals surface area contributed by atoms with Gasteiger partial charge < -0.3 is 19.3 Å². The molecule has 0 aliphatic rings. The Morgan fingerprint density at radius 1 is 0.542 bits per heavy atom. The standard InChI is InChI=1S/C49H82NO8P/c1-5-7-9-11-13-15-17-19-21-23-24-26-27-29-31-33-35-37-39-41-48(51)55-45-47(46-57-59(53,54)56-44-43-50(3)4)58-49(52)42-40-38-36-34-32-30-28-25-22-20-18-16-14-12-10-8-6-2/h8,10,13-16,19-22,24,26,28-31,47H,5-7,9,11-12,17-18,23,25,27,32-46H2,1-4H3,(H,53,54)/b10-8-,15-13-,16-14-,21-19-,22-20-,26-24-,30-28-,31-29-. The van der Waals surface area contributed by atoms with E-state index in [1.165, 1.54) is 25.7 Å². The molecule has 2 unspecified atom stereocenters. The van der Waals surface area contributed by atoms with Gasteiger partial charge in [-0.1, -0.05) is 143 Å². The Labute approximate surface area is 360 Å². The molecule has 2 atom stereocenters. The van der Waals surface area contributed by atoms with Crippen molar-refractivity contribution >= 4 is 19.8 Å². The molecule has 0 aromatic carbocycles. The Morgan fingerprint density at radius 3 is 1.44 bits per heavy atom. The number of allylic oxidation sites excluding steroid dienone is 16. The molecule has 0 heterocycles. The molecule has 336 valence electrons. The van der Waals surface area contributed by atoms with E-state index in [1.54, 1.807) is 4.90 Å². The van der Waals surface area contributed by atoms with Crippen LogP contribution >= 0.6 is 7.82 Å². The predicted octanol–water partition coefficient (Wildman–Crippen LogP) is 13.2. The SMILES string of the molecule is CC/C=C\C/C=C\C/C=C\C/C=C\CCCCCCC(=O)OC(COC(=O)CCCCC/C=C\C/C=C\C/C=C\C/C=C\CCCCC)COP(=O)(O)OCCN(C)C. The van der Waals surface area contributed by atoms with Gasteiger partial charge >= 0.3 is 19.8 Å².